The number of anilines is 1. The van der Waals surface area contributed by atoms with Crippen molar-refractivity contribution in [1.82, 2.24) is 10.3 Å². The van der Waals surface area contributed by atoms with Crippen LogP contribution in [-0.4, -0.2) is 32.3 Å². The minimum Gasteiger partial charge on any atom is -0.383 e. The Kier molecular flexibility index (Phi) is 6.45. The van der Waals surface area contributed by atoms with Gasteiger partial charge in [-0.15, -0.1) is 11.3 Å². The maximum Gasteiger partial charge on any atom is 0.185 e. The third-order valence-electron chi connectivity index (χ3n) is 3.02. The van der Waals surface area contributed by atoms with Gasteiger partial charge in [-0.25, -0.2) is 4.98 Å². The number of nitrogens with one attached hydrogen (secondary N) is 1. The molecule has 0 saturated heterocycles. The molecule has 1 N–H and O–H groups in total. The number of nitrogens with zero attached hydrogens (tertiary/aromatic N) is 2. The van der Waals surface area contributed by atoms with Crippen LogP contribution in [0.1, 0.15) is 11.3 Å². The molecule has 0 saturated carbocycles. The lowest BCUT2D eigenvalue weighted by atomic mass is 10.2. The molecule has 1 heterocycles. The normalized spacial score (nSPS) is 10.8. The average Bonchev–Trinajstić information content (AvgIpc) is 2.95. The highest BCUT2D eigenvalue weighted by Crippen LogP contribution is 2.23. The number of thiazole rings is 1. The fourth-order valence-electron chi connectivity index (χ4n) is 1.89. The van der Waals surface area contributed by atoms with Crippen LogP contribution >= 0.6 is 22.9 Å². The van der Waals surface area contributed by atoms with Crippen LogP contribution in [0.5, 0.6) is 0 Å². The van der Waals surface area contributed by atoms with Crippen molar-refractivity contribution >= 4 is 28.1 Å². The van der Waals surface area contributed by atoms with Crippen LogP contribution in [0.4, 0.5) is 5.13 Å². The average molecular weight is 326 g/mol. The number of ether oxygens (including phenoxy) is 1. The smallest absolute Gasteiger partial charge is 0.185 e. The second-order valence-corrected chi connectivity index (χ2v) is 5.98. The lowest BCUT2D eigenvalue weighted by Gasteiger charge is -2.16. The maximum absolute atomic E-state index is 6.19. The summed E-state index contributed by atoms with van der Waals surface area (Å²) in [5.41, 5.74) is 2.16. The molecule has 0 fully saturated rings. The summed E-state index contributed by atoms with van der Waals surface area (Å²) in [6, 6.07) is 7.90. The Morgan fingerprint density at radius 1 is 1.38 bits per heavy atom. The minimum atomic E-state index is 0.712. The van der Waals surface area contributed by atoms with Gasteiger partial charge in [0.1, 0.15) is 0 Å². The molecule has 0 atom stereocenters. The number of hydrogen-bond donors (Lipinski definition) is 1. The van der Waals surface area contributed by atoms with Gasteiger partial charge in [0.2, 0.25) is 0 Å². The van der Waals surface area contributed by atoms with Gasteiger partial charge in [0.05, 0.1) is 12.3 Å². The summed E-state index contributed by atoms with van der Waals surface area (Å²) in [4.78, 5) is 6.75. The van der Waals surface area contributed by atoms with Crippen molar-refractivity contribution in [3.63, 3.8) is 0 Å². The molecule has 6 heteroatoms. The van der Waals surface area contributed by atoms with Crippen LogP contribution in [0.25, 0.3) is 0 Å². The van der Waals surface area contributed by atoms with E-state index >= 15 is 0 Å². The number of methoxy groups -OCH3 is 1. The van der Waals surface area contributed by atoms with Crippen molar-refractivity contribution in [1.29, 1.82) is 0 Å². The molecule has 0 amide bonds. The second-order valence-electron chi connectivity index (χ2n) is 4.74. The van der Waals surface area contributed by atoms with E-state index in [1.807, 2.05) is 31.3 Å². The second kappa shape index (κ2) is 8.34. The zero-order valence-corrected chi connectivity index (χ0v) is 13.9. The molecule has 0 spiro atoms. The van der Waals surface area contributed by atoms with Gasteiger partial charge in [-0.3, -0.25) is 0 Å². The minimum absolute atomic E-state index is 0.712. The van der Waals surface area contributed by atoms with Crippen molar-refractivity contribution in [3.8, 4) is 0 Å². The molecule has 0 aliphatic carbocycles. The zero-order valence-electron chi connectivity index (χ0n) is 12.3. The number of benzene rings is 1. The summed E-state index contributed by atoms with van der Waals surface area (Å²) in [7, 11) is 3.73. The molecule has 0 aliphatic rings. The first-order valence-electron chi connectivity index (χ1n) is 6.79. The predicted molar refractivity (Wildman–Crippen MR) is 89.3 cm³/mol. The third kappa shape index (κ3) is 4.97. The summed E-state index contributed by atoms with van der Waals surface area (Å²) in [5, 5.41) is 7.17. The van der Waals surface area contributed by atoms with Crippen LogP contribution in [-0.2, 0) is 17.8 Å². The van der Waals surface area contributed by atoms with Crippen molar-refractivity contribution in [3.05, 3.63) is 45.9 Å². The van der Waals surface area contributed by atoms with Crippen LogP contribution < -0.4 is 10.2 Å². The van der Waals surface area contributed by atoms with Crippen molar-refractivity contribution < 1.29 is 4.74 Å². The monoisotopic (exact) mass is 325 g/mol. The van der Waals surface area contributed by atoms with E-state index in [9.17, 15) is 0 Å². The molecule has 0 unspecified atom stereocenters. The Morgan fingerprint density at radius 2 is 2.19 bits per heavy atom. The summed E-state index contributed by atoms with van der Waals surface area (Å²) in [5.74, 6) is 0. The third-order valence-corrected chi connectivity index (χ3v) is 4.39. The van der Waals surface area contributed by atoms with E-state index in [1.165, 1.54) is 0 Å². The van der Waals surface area contributed by atoms with Crippen LogP contribution in [0.3, 0.4) is 0 Å². The summed E-state index contributed by atoms with van der Waals surface area (Å²) in [6.07, 6.45) is 0. The van der Waals surface area contributed by atoms with Gasteiger partial charge in [0, 0.05) is 44.2 Å². The Morgan fingerprint density at radius 3 is 2.95 bits per heavy atom. The molecule has 0 aliphatic heterocycles. The lowest BCUT2D eigenvalue weighted by molar-refractivity contribution is 0.199. The van der Waals surface area contributed by atoms with Gasteiger partial charge in [-0.1, -0.05) is 29.8 Å². The fraction of sp³-hybridized carbons (Fsp3) is 0.400. The SMILES string of the molecule is COCCNCc1csc(N(C)Cc2ccccc2Cl)n1. The Bertz CT molecular complexity index is 561. The molecule has 21 heavy (non-hydrogen) atoms. The molecule has 1 aromatic heterocycles. The van der Waals surface area contributed by atoms with E-state index in [0.717, 1.165) is 41.0 Å². The molecule has 2 aromatic rings. The summed E-state index contributed by atoms with van der Waals surface area (Å²) < 4.78 is 5.00. The maximum atomic E-state index is 6.19. The first-order chi connectivity index (χ1) is 10.2. The Hall–Kier alpha value is -1.14. The fourth-order valence-corrected chi connectivity index (χ4v) is 2.88. The molecule has 2 rings (SSSR count). The molecule has 114 valence electrons. The zero-order chi connectivity index (χ0) is 15.1. The van der Waals surface area contributed by atoms with Gasteiger partial charge >= 0.3 is 0 Å². The quantitative estimate of drug-likeness (QED) is 0.756. The Balaban J connectivity index is 1.90. The molecular weight excluding hydrogens is 306 g/mol. The molecule has 0 radical (unpaired) electrons. The van der Waals surface area contributed by atoms with Crippen molar-refractivity contribution in [2.24, 2.45) is 0 Å². The van der Waals surface area contributed by atoms with E-state index in [0.29, 0.717) is 6.61 Å². The van der Waals surface area contributed by atoms with Crippen LogP contribution in [0, 0.1) is 0 Å². The van der Waals surface area contributed by atoms with Crippen molar-refractivity contribution in [2.45, 2.75) is 13.1 Å². The van der Waals surface area contributed by atoms with E-state index in [1.54, 1.807) is 18.4 Å². The highest BCUT2D eigenvalue weighted by molar-refractivity contribution is 7.13. The molecule has 1 aromatic carbocycles. The summed E-state index contributed by atoms with van der Waals surface area (Å²) >= 11 is 7.84. The first kappa shape index (κ1) is 16.2. The molecule has 0 bridgehead atoms. The number of rotatable bonds is 8. The standard InChI is InChI=1S/C15H20ClN3OS/c1-19(10-12-5-3-4-6-14(12)16)15-18-13(11-21-15)9-17-7-8-20-2/h3-6,11,17H,7-10H2,1-2H3. The van der Waals surface area contributed by atoms with Crippen LogP contribution in [0.2, 0.25) is 5.02 Å². The van der Waals surface area contributed by atoms with E-state index in [4.69, 9.17) is 16.3 Å². The highest BCUT2D eigenvalue weighted by Gasteiger charge is 2.09. The summed E-state index contributed by atoms with van der Waals surface area (Å²) in [6.45, 7) is 3.06. The largest absolute Gasteiger partial charge is 0.383 e. The van der Waals surface area contributed by atoms with Gasteiger partial charge < -0.3 is 15.0 Å². The van der Waals surface area contributed by atoms with E-state index in [-0.39, 0.29) is 0 Å². The van der Waals surface area contributed by atoms with Gasteiger partial charge in [-0.2, -0.15) is 0 Å². The number of halogens is 1. The van der Waals surface area contributed by atoms with Gasteiger partial charge in [0.25, 0.3) is 0 Å². The van der Waals surface area contributed by atoms with E-state index < -0.39 is 0 Å². The lowest BCUT2D eigenvalue weighted by Crippen LogP contribution is -2.19. The first-order valence-corrected chi connectivity index (χ1v) is 8.05. The Labute approximate surface area is 134 Å². The van der Waals surface area contributed by atoms with Gasteiger partial charge in [-0.05, 0) is 11.6 Å². The van der Waals surface area contributed by atoms with Crippen LogP contribution in [0.15, 0.2) is 29.6 Å². The van der Waals surface area contributed by atoms with E-state index in [2.05, 4.69) is 20.6 Å². The topological polar surface area (TPSA) is 37.4 Å². The number of hydrogen-bond acceptors (Lipinski definition) is 5. The predicted octanol–water partition coefficient (Wildman–Crippen LogP) is 3.17. The van der Waals surface area contributed by atoms with Gasteiger partial charge in [0.15, 0.2) is 5.13 Å². The highest BCUT2D eigenvalue weighted by atomic mass is 35.5. The number of aromatic nitrogens is 1. The molecular formula is C15H20ClN3OS. The molecule has 4 nitrogen and oxygen atoms in total. The van der Waals surface area contributed by atoms with Crippen molar-refractivity contribution in [2.75, 3.05) is 32.2 Å².